The van der Waals surface area contributed by atoms with Gasteiger partial charge in [-0.3, -0.25) is 4.84 Å². The molecule has 1 aromatic carbocycles. The molecule has 2 nitrogen and oxygen atoms in total. The van der Waals surface area contributed by atoms with E-state index in [9.17, 15) is 17.6 Å². The molecule has 0 aliphatic rings. The van der Waals surface area contributed by atoms with Crippen molar-refractivity contribution in [1.82, 2.24) is 0 Å². The van der Waals surface area contributed by atoms with Crippen LogP contribution in [0.1, 0.15) is 5.56 Å². The number of hydrogen-bond acceptors (Lipinski definition) is 3. The van der Waals surface area contributed by atoms with Crippen molar-refractivity contribution >= 4 is 11.8 Å². The summed E-state index contributed by atoms with van der Waals surface area (Å²) in [7, 11) is 0. The van der Waals surface area contributed by atoms with Crippen LogP contribution >= 0.6 is 11.8 Å². The van der Waals surface area contributed by atoms with Gasteiger partial charge in [0.2, 0.25) is 0 Å². The van der Waals surface area contributed by atoms with Crippen molar-refractivity contribution in [1.29, 1.82) is 0 Å². The number of thioether (sulfide) groups is 1. The van der Waals surface area contributed by atoms with Crippen LogP contribution in [0.3, 0.4) is 0 Å². The van der Waals surface area contributed by atoms with Gasteiger partial charge in [-0.15, -0.1) is 0 Å². The molecule has 0 atom stereocenters. The first kappa shape index (κ1) is 13.3. The first-order valence-electron chi connectivity index (χ1n) is 4.21. The largest absolute Gasteiger partial charge is 0.357 e. The van der Waals surface area contributed by atoms with Gasteiger partial charge in [0.25, 0.3) is 0 Å². The molecule has 0 heterocycles. The summed E-state index contributed by atoms with van der Waals surface area (Å²) in [6.45, 7) is 0.135. The predicted molar refractivity (Wildman–Crippen MR) is 52.2 cm³/mol. The second kappa shape index (κ2) is 5.51. The van der Waals surface area contributed by atoms with Crippen molar-refractivity contribution in [2.75, 3.05) is 0 Å². The lowest BCUT2D eigenvalue weighted by Gasteiger charge is -2.14. The van der Waals surface area contributed by atoms with Crippen LogP contribution in [0.5, 0.6) is 0 Å². The van der Waals surface area contributed by atoms with Gasteiger partial charge < -0.3 is 0 Å². The molecule has 1 aromatic rings. The molecular formula is C9H9F4NOS. The SMILES string of the molecule is NOCc1ccc(SC(F)(F)C(F)F)cc1. The summed E-state index contributed by atoms with van der Waals surface area (Å²) in [6, 6.07) is 5.60. The zero-order chi connectivity index (χ0) is 12.2. The van der Waals surface area contributed by atoms with Crippen LogP contribution in [-0.4, -0.2) is 11.7 Å². The Kier molecular flexibility index (Phi) is 4.57. The maximum atomic E-state index is 12.6. The topological polar surface area (TPSA) is 35.2 Å². The van der Waals surface area contributed by atoms with E-state index in [0.717, 1.165) is 0 Å². The van der Waals surface area contributed by atoms with E-state index in [1.54, 1.807) is 0 Å². The maximum absolute atomic E-state index is 12.6. The number of benzene rings is 1. The molecule has 0 radical (unpaired) electrons. The Balaban J connectivity index is 2.68. The van der Waals surface area contributed by atoms with Gasteiger partial charge >= 0.3 is 11.7 Å². The summed E-state index contributed by atoms with van der Waals surface area (Å²) in [5.41, 5.74) is 0.673. The van der Waals surface area contributed by atoms with E-state index < -0.39 is 11.7 Å². The molecule has 1 rings (SSSR count). The van der Waals surface area contributed by atoms with E-state index >= 15 is 0 Å². The van der Waals surface area contributed by atoms with Gasteiger partial charge in [-0.1, -0.05) is 12.1 Å². The lowest BCUT2D eigenvalue weighted by molar-refractivity contribution is -0.0563. The Hall–Kier alpha value is -0.790. The van der Waals surface area contributed by atoms with Crippen LogP contribution in [-0.2, 0) is 11.4 Å². The predicted octanol–water partition coefficient (Wildman–Crippen LogP) is 3.03. The Labute approximate surface area is 93.7 Å². The summed E-state index contributed by atoms with van der Waals surface area (Å²) in [6.07, 6.45) is -3.69. The number of nitrogens with two attached hydrogens (primary N) is 1. The highest BCUT2D eigenvalue weighted by Crippen LogP contribution is 2.40. The molecule has 0 aromatic heterocycles. The number of hydrogen-bond donors (Lipinski definition) is 1. The van der Waals surface area contributed by atoms with E-state index in [-0.39, 0.29) is 23.3 Å². The molecule has 0 spiro atoms. The molecular weight excluding hydrogens is 246 g/mol. The molecule has 0 bridgehead atoms. The van der Waals surface area contributed by atoms with Crippen molar-refractivity contribution in [2.24, 2.45) is 5.90 Å². The van der Waals surface area contributed by atoms with Crippen LogP contribution in [0.2, 0.25) is 0 Å². The summed E-state index contributed by atoms with van der Waals surface area (Å²) in [4.78, 5) is 4.39. The summed E-state index contributed by atoms with van der Waals surface area (Å²) >= 11 is -0.175. The monoisotopic (exact) mass is 255 g/mol. The van der Waals surface area contributed by atoms with Crippen LogP contribution < -0.4 is 5.90 Å². The first-order chi connectivity index (χ1) is 7.45. The molecule has 0 amide bonds. The molecule has 7 heteroatoms. The average molecular weight is 255 g/mol. The van der Waals surface area contributed by atoms with E-state index in [1.807, 2.05) is 0 Å². The number of halogens is 4. The third kappa shape index (κ3) is 3.66. The molecule has 90 valence electrons. The quantitative estimate of drug-likeness (QED) is 0.499. The standard InChI is InChI=1S/C9H9F4NOS/c10-8(11)9(12,13)16-7-3-1-6(2-4-7)5-15-14/h1-4,8H,5,14H2. The van der Waals surface area contributed by atoms with E-state index in [2.05, 4.69) is 4.84 Å². The van der Waals surface area contributed by atoms with E-state index in [1.165, 1.54) is 24.3 Å². The van der Waals surface area contributed by atoms with Gasteiger partial charge in [-0.2, -0.15) is 8.78 Å². The van der Waals surface area contributed by atoms with E-state index in [0.29, 0.717) is 5.56 Å². The minimum Gasteiger partial charge on any atom is -0.300 e. The third-order valence-electron chi connectivity index (χ3n) is 1.68. The zero-order valence-electron chi connectivity index (χ0n) is 8.00. The fourth-order valence-corrected chi connectivity index (χ4v) is 1.63. The molecule has 0 saturated carbocycles. The summed E-state index contributed by atoms with van der Waals surface area (Å²) < 4.78 is 49.1. The van der Waals surface area contributed by atoms with Crippen LogP contribution in [0, 0.1) is 0 Å². The average Bonchev–Trinajstić information content (AvgIpc) is 2.21. The van der Waals surface area contributed by atoms with Crippen molar-refractivity contribution in [3.63, 3.8) is 0 Å². The highest BCUT2D eigenvalue weighted by Gasteiger charge is 2.41. The van der Waals surface area contributed by atoms with Gasteiger partial charge in [0.15, 0.2) is 0 Å². The second-order valence-corrected chi connectivity index (χ2v) is 4.14. The second-order valence-electron chi connectivity index (χ2n) is 2.92. The molecule has 0 saturated heterocycles. The Bertz CT molecular complexity index is 331. The van der Waals surface area contributed by atoms with E-state index in [4.69, 9.17) is 5.90 Å². The molecule has 0 aliphatic carbocycles. The minimum absolute atomic E-state index is 0.0612. The highest BCUT2D eigenvalue weighted by atomic mass is 32.2. The Morgan fingerprint density at radius 2 is 1.81 bits per heavy atom. The Morgan fingerprint density at radius 1 is 1.25 bits per heavy atom. The minimum atomic E-state index is -4.08. The smallest absolute Gasteiger partial charge is 0.300 e. The molecule has 0 fully saturated rings. The van der Waals surface area contributed by atoms with Crippen molar-refractivity contribution < 1.29 is 22.4 Å². The van der Waals surface area contributed by atoms with Gasteiger partial charge in [-0.25, -0.2) is 14.7 Å². The van der Waals surface area contributed by atoms with Crippen molar-refractivity contribution in [2.45, 2.75) is 23.2 Å². The maximum Gasteiger partial charge on any atom is 0.357 e. The fourth-order valence-electron chi connectivity index (χ4n) is 0.952. The van der Waals surface area contributed by atoms with Gasteiger partial charge in [0.05, 0.1) is 6.61 Å². The Morgan fingerprint density at radius 3 is 2.25 bits per heavy atom. The number of rotatable bonds is 5. The fraction of sp³-hybridized carbons (Fsp3) is 0.333. The van der Waals surface area contributed by atoms with Crippen molar-refractivity contribution in [3.8, 4) is 0 Å². The lowest BCUT2D eigenvalue weighted by atomic mass is 10.2. The van der Waals surface area contributed by atoms with Gasteiger partial charge in [-0.05, 0) is 29.5 Å². The summed E-state index contributed by atoms with van der Waals surface area (Å²) in [5.74, 6) is 4.82. The van der Waals surface area contributed by atoms with Crippen LogP contribution in [0.15, 0.2) is 29.2 Å². The molecule has 2 N–H and O–H groups in total. The first-order valence-corrected chi connectivity index (χ1v) is 5.03. The van der Waals surface area contributed by atoms with Crippen LogP contribution in [0.4, 0.5) is 17.6 Å². The third-order valence-corrected chi connectivity index (χ3v) is 2.64. The molecule has 0 aliphatic heterocycles. The summed E-state index contributed by atoms with van der Waals surface area (Å²) in [5, 5.41) is -4.08. The highest BCUT2D eigenvalue weighted by molar-refractivity contribution is 8.00. The van der Waals surface area contributed by atoms with Crippen LogP contribution in [0.25, 0.3) is 0 Å². The number of alkyl halides is 4. The molecule has 16 heavy (non-hydrogen) atoms. The van der Waals surface area contributed by atoms with Gasteiger partial charge in [0, 0.05) is 4.90 Å². The lowest BCUT2D eigenvalue weighted by Crippen LogP contribution is -2.21. The normalized spacial score (nSPS) is 12.1. The van der Waals surface area contributed by atoms with Gasteiger partial charge in [0.1, 0.15) is 0 Å². The molecule has 0 unspecified atom stereocenters. The zero-order valence-corrected chi connectivity index (χ0v) is 8.82. The van der Waals surface area contributed by atoms with Crippen molar-refractivity contribution in [3.05, 3.63) is 29.8 Å².